The van der Waals surface area contributed by atoms with Crippen LogP contribution in [0.2, 0.25) is 0 Å². The predicted octanol–water partition coefficient (Wildman–Crippen LogP) is 3.40. The molecule has 2 atom stereocenters. The van der Waals surface area contributed by atoms with Crippen molar-refractivity contribution in [1.82, 2.24) is 0 Å². The number of hydrogen-bond acceptors (Lipinski definition) is 2. The zero-order valence-electron chi connectivity index (χ0n) is 10.5. The first-order valence-corrected chi connectivity index (χ1v) is 7.15. The molecule has 0 heterocycles. The van der Waals surface area contributed by atoms with Gasteiger partial charge in [0.05, 0.1) is 12.2 Å². The summed E-state index contributed by atoms with van der Waals surface area (Å²) >= 11 is 0. The summed E-state index contributed by atoms with van der Waals surface area (Å²) in [6.45, 7) is 0. The molecule has 1 aliphatic rings. The molecule has 16 heavy (non-hydrogen) atoms. The Kier molecular flexibility index (Phi) is 7.87. The molecule has 2 nitrogen and oxygen atoms in total. The second-order valence-corrected chi connectivity index (χ2v) is 5.30. The Morgan fingerprint density at radius 2 is 0.812 bits per heavy atom. The van der Waals surface area contributed by atoms with E-state index in [1.54, 1.807) is 0 Å². The zero-order chi connectivity index (χ0) is 11.6. The fourth-order valence-corrected chi connectivity index (χ4v) is 2.55. The first-order valence-electron chi connectivity index (χ1n) is 7.15. The molecule has 0 radical (unpaired) electrons. The minimum Gasteiger partial charge on any atom is -0.393 e. The molecule has 2 unspecified atom stereocenters. The lowest BCUT2D eigenvalue weighted by Crippen LogP contribution is -2.17. The summed E-state index contributed by atoms with van der Waals surface area (Å²) < 4.78 is 0. The van der Waals surface area contributed by atoms with Gasteiger partial charge in [0, 0.05) is 0 Å². The predicted molar refractivity (Wildman–Crippen MR) is 67.4 cm³/mol. The summed E-state index contributed by atoms with van der Waals surface area (Å²) in [5.41, 5.74) is 0. The number of aliphatic hydroxyl groups excluding tert-OH is 2. The van der Waals surface area contributed by atoms with E-state index in [2.05, 4.69) is 0 Å². The molecule has 0 spiro atoms. The van der Waals surface area contributed by atoms with Gasteiger partial charge in [0.15, 0.2) is 0 Å². The van der Waals surface area contributed by atoms with Crippen molar-refractivity contribution in [2.75, 3.05) is 0 Å². The van der Waals surface area contributed by atoms with Gasteiger partial charge >= 0.3 is 0 Å². The summed E-state index contributed by atoms with van der Waals surface area (Å²) in [4.78, 5) is 0. The molecular formula is C14H28O2. The summed E-state index contributed by atoms with van der Waals surface area (Å²) in [5, 5.41) is 19.5. The molecule has 1 aliphatic carbocycles. The Morgan fingerprint density at radius 3 is 1.19 bits per heavy atom. The monoisotopic (exact) mass is 228 g/mol. The molecule has 0 bridgehead atoms. The average molecular weight is 228 g/mol. The average Bonchev–Trinajstić information content (AvgIpc) is 2.25. The van der Waals surface area contributed by atoms with Gasteiger partial charge in [-0.3, -0.25) is 0 Å². The number of hydrogen-bond donors (Lipinski definition) is 2. The van der Waals surface area contributed by atoms with Gasteiger partial charge in [-0.05, 0) is 19.3 Å². The van der Waals surface area contributed by atoms with Crippen LogP contribution in [-0.4, -0.2) is 22.4 Å². The van der Waals surface area contributed by atoms with Gasteiger partial charge in [0.1, 0.15) is 0 Å². The molecule has 2 heteroatoms. The fraction of sp³-hybridized carbons (Fsp3) is 1.00. The highest BCUT2D eigenvalue weighted by atomic mass is 16.3. The summed E-state index contributed by atoms with van der Waals surface area (Å²) in [5.74, 6) is 0. The van der Waals surface area contributed by atoms with Crippen molar-refractivity contribution < 1.29 is 10.2 Å². The van der Waals surface area contributed by atoms with Gasteiger partial charge in [-0.25, -0.2) is 0 Å². The Bertz CT molecular complexity index is 143. The third kappa shape index (κ3) is 7.24. The lowest BCUT2D eigenvalue weighted by molar-refractivity contribution is 0.0679. The molecular weight excluding hydrogens is 200 g/mol. The van der Waals surface area contributed by atoms with Crippen LogP contribution < -0.4 is 0 Å². The van der Waals surface area contributed by atoms with E-state index in [4.69, 9.17) is 0 Å². The lowest BCUT2D eigenvalue weighted by Gasteiger charge is -2.16. The van der Waals surface area contributed by atoms with Crippen LogP contribution in [0.4, 0.5) is 0 Å². The Morgan fingerprint density at radius 1 is 0.500 bits per heavy atom. The van der Waals surface area contributed by atoms with Gasteiger partial charge in [0.2, 0.25) is 0 Å². The first-order chi connectivity index (χ1) is 7.79. The molecule has 0 aromatic carbocycles. The Balaban J connectivity index is 2.21. The van der Waals surface area contributed by atoms with Gasteiger partial charge in [-0.2, -0.15) is 0 Å². The van der Waals surface area contributed by atoms with E-state index >= 15 is 0 Å². The maximum absolute atomic E-state index is 9.73. The summed E-state index contributed by atoms with van der Waals surface area (Å²) in [6, 6.07) is 0. The van der Waals surface area contributed by atoms with Gasteiger partial charge < -0.3 is 10.2 Å². The van der Waals surface area contributed by atoms with E-state index in [0.29, 0.717) is 6.42 Å². The van der Waals surface area contributed by atoms with Crippen LogP contribution in [-0.2, 0) is 0 Å². The van der Waals surface area contributed by atoms with Crippen LogP contribution in [0.25, 0.3) is 0 Å². The van der Waals surface area contributed by atoms with Crippen LogP contribution in [0, 0.1) is 0 Å². The topological polar surface area (TPSA) is 40.5 Å². The standard InChI is InChI=1S/C14H28O2/c15-13-10-8-6-4-2-1-3-5-7-9-11-14(16)12-13/h13-16H,1-12H2. The fourth-order valence-electron chi connectivity index (χ4n) is 2.55. The second kappa shape index (κ2) is 9.00. The molecule has 1 saturated carbocycles. The summed E-state index contributed by atoms with van der Waals surface area (Å²) in [6.07, 6.45) is 13.2. The van der Waals surface area contributed by atoms with Gasteiger partial charge in [0.25, 0.3) is 0 Å². The normalized spacial score (nSPS) is 31.9. The SMILES string of the molecule is OC1CCCCCCCCCCCC(O)C1. The molecule has 0 saturated heterocycles. The van der Waals surface area contributed by atoms with Crippen LogP contribution >= 0.6 is 0 Å². The first kappa shape index (κ1) is 14.0. The van der Waals surface area contributed by atoms with Crippen molar-refractivity contribution in [3.63, 3.8) is 0 Å². The van der Waals surface area contributed by atoms with Crippen molar-refractivity contribution >= 4 is 0 Å². The van der Waals surface area contributed by atoms with E-state index in [0.717, 1.165) is 25.7 Å². The van der Waals surface area contributed by atoms with Crippen LogP contribution in [0.1, 0.15) is 77.0 Å². The van der Waals surface area contributed by atoms with Crippen LogP contribution in [0.5, 0.6) is 0 Å². The van der Waals surface area contributed by atoms with Gasteiger partial charge in [-0.1, -0.05) is 57.8 Å². The molecule has 1 fully saturated rings. The van der Waals surface area contributed by atoms with Crippen molar-refractivity contribution in [3.05, 3.63) is 0 Å². The third-order valence-electron chi connectivity index (χ3n) is 3.62. The van der Waals surface area contributed by atoms with E-state index < -0.39 is 0 Å². The highest BCUT2D eigenvalue weighted by Gasteiger charge is 2.11. The molecule has 0 amide bonds. The lowest BCUT2D eigenvalue weighted by atomic mass is 9.98. The molecule has 0 aromatic heterocycles. The quantitative estimate of drug-likeness (QED) is 0.667. The van der Waals surface area contributed by atoms with Gasteiger partial charge in [-0.15, -0.1) is 0 Å². The molecule has 0 aliphatic heterocycles. The van der Waals surface area contributed by atoms with Crippen LogP contribution in [0.15, 0.2) is 0 Å². The van der Waals surface area contributed by atoms with E-state index in [9.17, 15) is 10.2 Å². The molecule has 1 rings (SSSR count). The van der Waals surface area contributed by atoms with Crippen molar-refractivity contribution in [2.24, 2.45) is 0 Å². The van der Waals surface area contributed by atoms with Crippen molar-refractivity contribution in [2.45, 2.75) is 89.3 Å². The smallest absolute Gasteiger partial charge is 0.0564 e. The van der Waals surface area contributed by atoms with Crippen molar-refractivity contribution in [1.29, 1.82) is 0 Å². The molecule has 2 N–H and O–H groups in total. The second-order valence-electron chi connectivity index (χ2n) is 5.30. The van der Waals surface area contributed by atoms with E-state index in [1.807, 2.05) is 0 Å². The largest absolute Gasteiger partial charge is 0.393 e. The van der Waals surface area contributed by atoms with E-state index in [-0.39, 0.29) is 12.2 Å². The maximum atomic E-state index is 9.73. The molecule has 0 aromatic rings. The highest BCUT2D eigenvalue weighted by molar-refractivity contribution is 4.65. The third-order valence-corrected chi connectivity index (χ3v) is 3.62. The summed E-state index contributed by atoms with van der Waals surface area (Å²) in [7, 11) is 0. The van der Waals surface area contributed by atoms with Crippen molar-refractivity contribution in [3.8, 4) is 0 Å². The zero-order valence-corrected chi connectivity index (χ0v) is 10.5. The highest BCUT2D eigenvalue weighted by Crippen LogP contribution is 2.17. The van der Waals surface area contributed by atoms with E-state index in [1.165, 1.54) is 44.9 Å². The minimum absolute atomic E-state index is 0.280. The van der Waals surface area contributed by atoms with Crippen LogP contribution in [0.3, 0.4) is 0 Å². The Hall–Kier alpha value is -0.0800. The minimum atomic E-state index is -0.280. The molecule has 96 valence electrons. The number of aliphatic hydroxyl groups is 2. The number of rotatable bonds is 0. The Labute approximate surface area is 100 Å². The maximum Gasteiger partial charge on any atom is 0.0564 e.